The third-order valence-electron chi connectivity index (χ3n) is 5.77. The average Bonchev–Trinajstić information content (AvgIpc) is 2.70. The van der Waals surface area contributed by atoms with Gasteiger partial charge < -0.3 is 15.4 Å². The van der Waals surface area contributed by atoms with Gasteiger partial charge in [0.05, 0.1) is 15.5 Å². The van der Waals surface area contributed by atoms with E-state index in [1.165, 1.54) is 24.3 Å². The van der Waals surface area contributed by atoms with Crippen LogP contribution in [0.3, 0.4) is 0 Å². The van der Waals surface area contributed by atoms with Crippen molar-refractivity contribution in [3.05, 3.63) is 63.2 Å². The largest absolute Gasteiger partial charge is 0.489 e. The Kier molecular flexibility index (Phi) is 5.83. The van der Waals surface area contributed by atoms with Crippen LogP contribution in [0.25, 0.3) is 0 Å². The number of amides is 2. The van der Waals surface area contributed by atoms with E-state index in [0.29, 0.717) is 22.0 Å². The highest BCUT2D eigenvalue weighted by atomic mass is 35.5. The number of hydrogen-bond acceptors (Lipinski definition) is 5. The summed E-state index contributed by atoms with van der Waals surface area (Å²) in [5.41, 5.74) is 0.00434. The zero-order valence-electron chi connectivity index (χ0n) is 17.6. The predicted molar refractivity (Wildman–Crippen MR) is 117 cm³/mol. The third kappa shape index (κ3) is 4.28. The van der Waals surface area contributed by atoms with Gasteiger partial charge in [0, 0.05) is 40.8 Å². The normalized spacial score (nSPS) is 20.6. The Hall–Kier alpha value is -3.31. The van der Waals surface area contributed by atoms with Crippen molar-refractivity contribution in [1.82, 2.24) is 5.32 Å². The first-order valence-electron chi connectivity index (χ1n) is 9.65. The Morgan fingerprint density at radius 1 is 1.16 bits per heavy atom. The summed E-state index contributed by atoms with van der Waals surface area (Å²) < 4.78 is 6.20. The molecule has 0 radical (unpaired) electrons. The van der Waals surface area contributed by atoms with E-state index < -0.39 is 21.8 Å². The molecule has 0 bridgehead atoms. The van der Waals surface area contributed by atoms with Crippen LogP contribution >= 0.6 is 11.6 Å². The van der Waals surface area contributed by atoms with Crippen LogP contribution in [0.5, 0.6) is 5.75 Å². The van der Waals surface area contributed by atoms with Gasteiger partial charge in [0.15, 0.2) is 0 Å². The SMILES string of the molecule is CC1(C)[C@H](NC(=O)Nc2ccc([N+](=O)[O-])cc2)C(C)(C)[C@H]1Oc1ccc(C#N)c(Cl)c1. The lowest BCUT2D eigenvalue weighted by Crippen LogP contribution is -2.75. The summed E-state index contributed by atoms with van der Waals surface area (Å²) in [5.74, 6) is 0.559. The number of ether oxygens (including phenoxy) is 1. The average molecular weight is 443 g/mol. The number of nitrogens with zero attached hydrogens (tertiary/aromatic N) is 2. The number of anilines is 1. The van der Waals surface area contributed by atoms with Crippen LogP contribution in [0.2, 0.25) is 5.02 Å². The van der Waals surface area contributed by atoms with Gasteiger partial charge >= 0.3 is 6.03 Å². The van der Waals surface area contributed by atoms with E-state index in [2.05, 4.69) is 10.6 Å². The van der Waals surface area contributed by atoms with Crippen LogP contribution in [0, 0.1) is 32.3 Å². The molecule has 1 fully saturated rings. The third-order valence-corrected chi connectivity index (χ3v) is 6.08. The first kappa shape index (κ1) is 22.4. The number of carbonyl (C=O) groups excluding carboxylic acids is 1. The van der Waals surface area contributed by atoms with E-state index in [0.717, 1.165) is 0 Å². The lowest BCUT2D eigenvalue weighted by Gasteiger charge is -2.63. The van der Waals surface area contributed by atoms with Crippen molar-refractivity contribution >= 4 is 29.0 Å². The molecule has 0 saturated heterocycles. The highest BCUT2D eigenvalue weighted by Crippen LogP contribution is 2.55. The fraction of sp³-hybridized carbons (Fsp3) is 0.364. The van der Waals surface area contributed by atoms with Gasteiger partial charge in [-0.15, -0.1) is 0 Å². The molecule has 8 nitrogen and oxygen atoms in total. The molecule has 0 spiro atoms. The van der Waals surface area contributed by atoms with Gasteiger partial charge in [0.2, 0.25) is 0 Å². The molecular weight excluding hydrogens is 420 g/mol. The number of benzene rings is 2. The number of nitriles is 1. The number of hydrogen-bond donors (Lipinski definition) is 2. The molecule has 1 saturated carbocycles. The van der Waals surface area contributed by atoms with E-state index in [1.807, 2.05) is 33.8 Å². The zero-order valence-corrected chi connectivity index (χ0v) is 18.4. The van der Waals surface area contributed by atoms with Gasteiger partial charge in [-0.1, -0.05) is 39.3 Å². The molecule has 2 aromatic rings. The summed E-state index contributed by atoms with van der Waals surface area (Å²) in [4.78, 5) is 22.8. The van der Waals surface area contributed by atoms with Crippen molar-refractivity contribution in [2.45, 2.75) is 39.8 Å². The number of halogens is 1. The molecule has 2 aromatic carbocycles. The topological polar surface area (TPSA) is 117 Å². The van der Waals surface area contributed by atoms with Crippen LogP contribution in [-0.2, 0) is 0 Å². The van der Waals surface area contributed by atoms with E-state index in [9.17, 15) is 14.9 Å². The van der Waals surface area contributed by atoms with Gasteiger partial charge in [-0.25, -0.2) is 4.79 Å². The van der Waals surface area contributed by atoms with E-state index >= 15 is 0 Å². The van der Waals surface area contributed by atoms with E-state index in [1.54, 1.807) is 18.2 Å². The van der Waals surface area contributed by atoms with Gasteiger partial charge in [-0.3, -0.25) is 10.1 Å². The molecule has 1 aliphatic carbocycles. The minimum atomic E-state index is -0.496. The maximum atomic E-state index is 12.5. The first-order chi connectivity index (χ1) is 14.5. The number of nitro benzene ring substituents is 1. The van der Waals surface area contributed by atoms with Crippen molar-refractivity contribution in [2.75, 3.05) is 5.32 Å². The Morgan fingerprint density at radius 2 is 1.77 bits per heavy atom. The predicted octanol–water partition coefficient (Wildman–Crippen LogP) is 5.12. The molecule has 0 atom stereocenters. The number of carbonyl (C=O) groups is 1. The Balaban J connectivity index is 1.67. The minimum Gasteiger partial charge on any atom is -0.489 e. The summed E-state index contributed by atoms with van der Waals surface area (Å²) in [7, 11) is 0. The lowest BCUT2D eigenvalue weighted by molar-refractivity contribution is -0.384. The maximum Gasteiger partial charge on any atom is 0.319 e. The summed E-state index contributed by atoms with van der Waals surface area (Å²) in [6.45, 7) is 8.02. The Bertz CT molecular complexity index is 1040. The molecule has 0 aliphatic heterocycles. The molecular formula is C22H23ClN4O4. The fourth-order valence-electron chi connectivity index (χ4n) is 4.56. The lowest BCUT2D eigenvalue weighted by atomic mass is 9.49. The van der Waals surface area contributed by atoms with Gasteiger partial charge in [-0.2, -0.15) is 5.26 Å². The number of nitro groups is 1. The molecule has 1 aliphatic rings. The van der Waals surface area contributed by atoms with Crippen molar-refractivity contribution < 1.29 is 14.5 Å². The Labute approximate surface area is 185 Å². The maximum absolute atomic E-state index is 12.5. The van der Waals surface area contributed by atoms with Crippen molar-refractivity contribution in [3.63, 3.8) is 0 Å². The number of nitrogens with one attached hydrogen (secondary N) is 2. The summed E-state index contributed by atoms with van der Waals surface area (Å²) in [6.07, 6.45) is -0.214. The fourth-order valence-corrected chi connectivity index (χ4v) is 4.77. The summed E-state index contributed by atoms with van der Waals surface area (Å²) in [6, 6.07) is 12.0. The number of non-ortho nitro benzene ring substituents is 1. The van der Waals surface area contributed by atoms with Crippen molar-refractivity contribution in [1.29, 1.82) is 5.26 Å². The molecule has 0 unspecified atom stereocenters. The number of urea groups is 1. The summed E-state index contributed by atoms with van der Waals surface area (Å²) >= 11 is 6.11. The van der Waals surface area contributed by atoms with Crippen molar-refractivity contribution in [2.24, 2.45) is 10.8 Å². The highest BCUT2D eigenvalue weighted by molar-refractivity contribution is 6.31. The van der Waals surface area contributed by atoms with E-state index in [-0.39, 0.29) is 17.8 Å². The van der Waals surface area contributed by atoms with Crippen LogP contribution in [-0.4, -0.2) is 23.1 Å². The molecule has 0 aromatic heterocycles. The summed E-state index contributed by atoms with van der Waals surface area (Å²) in [5, 5.41) is 25.8. The second kappa shape index (κ2) is 8.08. The molecule has 2 N–H and O–H groups in total. The molecule has 2 amide bonds. The smallest absolute Gasteiger partial charge is 0.319 e. The molecule has 3 rings (SSSR count). The minimum absolute atomic E-state index is 0.0462. The van der Waals surface area contributed by atoms with Crippen LogP contribution < -0.4 is 15.4 Å². The van der Waals surface area contributed by atoms with Crippen molar-refractivity contribution in [3.8, 4) is 11.8 Å². The first-order valence-corrected chi connectivity index (χ1v) is 10.0. The van der Waals surface area contributed by atoms with E-state index in [4.69, 9.17) is 21.6 Å². The second-order valence-electron chi connectivity index (χ2n) is 8.73. The monoisotopic (exact) mass is 442 g/mol. The molecule has 9 heteroatoms. The molecule has 162 valence electrons. The quantitative estimate of drug-likeness (QED) is 0.492. The van der Waals surface area contributed by atoms with Crippen LogP contribution in [0.15, 0.2) is 42.5 Å². The standard InChI is InChI=1S/C22H23ClN4O4/c1-21(2)18(26-20(28)25-14-6-8-15(9-7-14)27(29)30)22(3,4)19(21)31-16-10-5-13(12-24)17(23)11-16/h5-11,18-19H,1-4H3,(H2,25,26,28)/t18-,19-. The van der Waals surface area contributed by atoms with Crippen LogP contribution in [0.1, 0.15) is 33.3 Å². The zero-order chi connectivity index (χ0) is 23.0. The Morgan fingerprint density at radius 3 is 2.29 bits per heavy atom. The van der Waals surface area contributed by atoms with Gasteiger partial charge in [-0.05, 0) is 24.3 Å². The highest BCUT2D eigenvalue weighted by Gasteiger charge is 2.64. The second-order valence-corrected chi connectivity index (χ2v) is 9.14. The van der Waals surface area contributed by atoms with Gasteiger partial charge in [0.25, 0.3) is 5.69 Å². The molecule has 31 heavy (non-hydrogen) atoms. The van der Waals surface area contributed by atoms with Gasteiger partial charge in [0.1, 0.15) is 17.9 Å². The molecule has 0 heterocycles. The van der Waals surface area contributed by atoms with Crippen LogP contribution in [0.4, 0.5) is 16.2 Å². The number of rotatable bonds is 5.